The van der Waals surface area contributed by atoms with E-state index in [9.17, 15) is 4.79 Å². The van der Waals surface area contributed by atoms with Crippen molar-refractivity contribution in [1.29, 1.82) is 0 Å². The molecule has 0 aliphatic heterocycles. The fraction of sp³-hybridized carbons (Fsp3) is 0.545. The summed E-state index contributed by atoms with van der Waals surface area (Å²) in [5.74, 6) is 0.0648. The van der Waals surface area contributed by atoms with E-state index >= 15 is 0 Å². The minimum atomic E-state index is 0.0648. The first-order valence-corrected chi connectivity index (χ1v) is 4.86. The van der Waals surface area contributed by atoms with Gasteiger partial charge in [-0.2, -0.15) is 0 Å². The molecule has 1 heterocycles. The first kappa shape index (κ1) is 11.9. The monoisotopic (exact) mass is 181 g/mol. The Morgan fingerprint density at radius 1 is 1.54 bits per heavy atom. The van der Waals surface area contributed by atoms with Gasteiger partial charge in [0.25, 0.3) is 0 Å². The molecular formula is C11H19NO. The van der Waals surface area contributed by atoms with E-state index < -0.39 is 0 Å². The van der Waals surface area contributed by atoms with Crippen LogP contribution in [0.25, 0.3) is 0 Å². The molecule has 0 aliphatic carbocycles. The molecule has 0 N–H and O–H groups in total. The van der Waals surface area contributed by atoms with Crippen molar-refractivity contribution in [3.63, 3.8) is 0 Å². The van der Waals surface area contributed by atoms with E-state index in [2.05, 4.69) is 0 Å². The zero-order chi connectivity index (χ0) is 10.3. The van der Waals surface area contributed by atoms with Gasteiger partial charge in [-0.15, -0.1) is 0 Å². The third-order valence-electron chi connectivity index (χ3n) is 1.97. The number of aromatic nitrogens is 1. The molecule has 0 spiro atoms. The van der Waals surface area contributed by atoms with Gasteiger partial charge in [-0.3, -0.25) is 0 Å². The molecule has 1 atom stereocenters. The molecule has 2 heteroatoms. The minimum absolute atomic E-state index is 0.0648. The summed E-state index contributed by atoms with van der Waals surface area (Å²) >= 11 is 0. The van der Waals surface area contributed by atoms with Crippen molar-refractivity contribution >= 4 is 6.29 Å². The predicted molar refractivity (Wildman–Crippen MR) is 55.9 cm³/mol. The van der Waals surface area contributed by atoms with E-state index in [1.165, 1.54) is 0 Å². The first-order chi connectivity index (χ1) is 6.29. The van der Waals surface area contributed by atoms with Gasteiger partial charge >= 0.3 is 0 Å². The highest BCUT2D eigenvalue weighted by Gasteiger charge is 2.09. The maximum atomic E-state index is 10.6. The summed E-state index contributed by atoms with van der Waals surface area (Å²) in [4.78, 5) is 10.6. The van der Waals surface area contributed by atoms with E-state index in [-0.39, 0.29) is 5.92 Å². The number of rotatable bonds is 3. The summed E-state index contributed by atoms with van der Waals surface area (Å²) in [6.45, 7) is 6.02. The second-order valence-electron chi connectivity index (χ2n) is 2.69. The van der Waals surface area contributed by atoms with Crippen molar-refractivity contribution in [2.45, 2.75) is 33.1 Å². The van der Waals surface area contributed by atoms with Gasteiger partial charge in [0.2, 0.25) is 0 Å². The van der Waals surface area contributed by atoms with Crippen LogP contribution in [0.1, 0.15) is 38.8 Å². The standard InChI is InChI=1S/C9H13NO.C2H6/c1-3-8(7-11)9-5-4-6-10(9)2;1-2/h4-8H,3H2,1-2H3;1-2H3. The lowest BCUT2D eigenvalue weighted by atomic mass is 10.1. The molecule has 1 unspecified atom stereocenters. The van der Waals surface area contributed by atoms with Crippen LogP contribution in [0.3, 0.4) is 0 Å². The van der Waals surface area contributed by atoms with E-state index in [0.717, 1.165) is 18.4 Å². The molecule has 0 bridgehead atoms. The van der Waals surface area contributed by atoms with Crippen molar-refractivity contribution in [2.75, 3.05) is 0 Å². The highest BCUT2D eigenvalue weighted by molar-refractivity contribution is 5.60. The summed E-state index contributed by atoms with van der Waals surface area (Å²) in [6.07, 6.45) is 3.85. The summed E-state index contributed by atoms with van der Waals surface area (Å²) in [6, 6.07) is 3.95. The van der Waals surface area contributed by atoms with Gasteiger partial charge in [0.15, 0.2) is 0 Å². The third kappa shape index (κ3) is 3.05. The Morgan fingerprint density at radius 2 is 2.15 bits per heavy atom. The maximum Gasteiger partial charge on any atom is 0.128 e. The molecule has 1 aromatic heterocycles. The Balaban J connectivity index is 0.000000671. The molecule has 1 aromatic rings. The zero-order valence-corrected chi connectivity index (χ0v) is 8.95. The average Bonchev–Trinajstić information content (AvgIpc) is 2.58. The summed E-state index contributed by atoms with van der Waals surface area (Å²) in [5.41, 5.74) is 1.10. The predicted octanol–water partition coefficient (Wildman–Crippen LogP) is 2.74. The van der Waals surface area contributed by atoms with Crippen LogP contribution in [-0.4, -0.2) is 10.9 Å². The molecular weight excluding hydrogens is 162 g/mol. The van der Waals surface area contributed by atoms with Gasteiger partial charge < -0.3 is 9.36 Å². The third-order valence-corrected chi connectivity index (χ3v) is 1.97. The molecule has 74 valence electrons. The van der Waals surface area contributed by atoms with Crippen LogP contribution < -0.4 is 0 Å². The molecule has 0 amide bonds. The van der Waals surface area contributed by atoms with Gasteiger partial charge in [-0.1, -0.05) is 20.8 Å². The van der Waals surface area contributed by atoms with Gasteiger partial charge in [0.1, 0.15) is 6.29 Å². The van der Waals surface area contributed by atoms with Crippen molar-refractivity contribution in [2.24, 2.45) is 7.05 Å². The van der Waals surface area contributed by atoms with E-state index in [1.54, 1.807) is 0 Å². The fourth-order valence-corrected chi connectivity index (χ4v) is 1.23. The second kappa shape index (κ2) is 6.46. The van der Waals surface area contributed by atoms with Crippen LogP contribution in [0, 0.1) is 0 Å². The van der Waals surface area contributed by atoms with E-state index in [0.29, 0.717) is 0 Å². The van der Waals surface area contributed by atoms with Crippen LogP contribution in [0.15, 0.2) is 18.3 Å². The van der Waals surface area contributed by atoms with Crippen LogP contribution in [0.5, 0.6) is 0 Å². The Bertz CT molecular complexity index is 240. The van der Waals surface area contributed by atoms with Crippen molar-refractivity contribution in [3.05, 3.63) is 24.0 Å². The molecule has 2 nitrogen and oxygen atoms in total. The van der Waals surface area contributed by atoms with E-state index in [4.69, 9.17) is 0 Å². The quantitative estimate of drug-likeness (QED) is 0.657. The molecule has 0 fully saturated rings. The van der Waals surface area contributed by atoms with Crippen molar-refractivity contribution < 1.29 is 4.79 Å². The largest absolute Gasteiger partial charge is 0.354 e. The summed E-state index contributed by atoms with van der Waals surface area (Å²) < 4.78 is 1.99. The van der Waals surface area contributed by atoms with Gasteiger partial charge in [0.05, 0.1) is 5.92 Å². The normalized spacial score (nSPS) is 11.4. The van der Waals surface area contributed by atoms with Crippen LogP contribution in [0.4, 0.5) is 0 Å². The lowest BCUT2D eigenvalue weighted by molar-refractivity contribution is -0.109. The highest BCUT2D eigenvalue weighted by atomic mass is 16.1. The molecule has 0 radical (unpaired) electrons. The number of carbonyl (C=O) groups is 1. The number of aryl methyl sites for hydroxylation is 1. The number of carbonyl (C=O) groups excluding carboxylic acids is 1. The summed E-state index contributed by atoms with van der Waals surface area (Å²) in [5, 5.41) is 0. The Kier molecular flexibility index (Phi) is 5.94. The number of hydrogen-bond acceptors (Lipinski definition) is 1. The second-order valence-corrected chi connectivity index (χ2v) is 2.69. The molecule has 13 heavy (non-hydrogen) atoms. The van der Waals surface area contributed by atoms with Gasteiger partial charge in [0, 0.05) is 18.9 Å². The number of nitrogens with zero attached hydrogens (tertiary/aromatic N) is 1. The summed E-state index contributed by atoms with van der Waals surface area (Å²) in [7, 11) is 1.96. The average molecular weight is 181 g/mol. The molecule has 1 rings (SSSR count). The number of hydrogen-bond donors (Lipinski definition) is 0. The molecule has 0 saturated heterocycles. The van der Waals surface area contributed by atoms with Gasteiger partial charge in [-0.05, 0) is 18.6 Å². The van der Waals surface area contributed by atoms with E-state index in [1.807, 2.05) is 50.7 Å². The smallest absolute Gasteiger partial charge is 0.128 e. The van der Waals surface area contributed by atoms with Crippen LogP contribution >= 0.6 is 0 Å². The topological polar surface area (TPSA) is 22.0 Å². The number of aldehydes is 1. The molecule has 0 saturated carbocycles. The van der Waals surface area contributed by atoms with Crippen molar-refractivity contribution in [1.82, 2.24) is 4.57 Å². The molecule has 0 aliphatic rings. The highest BCUT2D eigenvalue weighted by Crippen LogP contribution is 2.16. The lowest BCUT2D eigenvalue weighted by Crippen LogP contribution is -2.03. The maximum absolute atomic E-state index is 10.6. The fourth-order valence-electron chi connectivity index (χ4n) is 1.23. The van der Waals surface area contributed by atoms with Crippen LogP contribution in [0.2, 0.25) is 0 Å². The SMILES string of the molecule is CC.CCC(C=O)c1cccn1C. The Morgan fingerprint density at radius 3 is 2.46 bits per heavy atom. The van der Waals surface area contributed by atoms with Crippen LogP contribution in [-0.2, 0) is 11.8 Å². The first-order valence-electron chi connectivity index (χ1n) is 4.86. The Labute approximate surface area is 80.6 Å². The van der Waals surface area contributed by atoms with Gasteiger partial charge in [-0.25, -0.2) is 0 Å². The zero-order valence-electron chi connectivity index (χ0n) is 8.95. The molecule has 0 aromatic carbocycles. The van der Waals surface area contributed by atoms with Crippen molar-refractivity contribution in [3.8, 4) is 0 Å². The minimum Gasteiger partial charge on any atom is -0.354 e. The lowest BCUT2D eigenvalue weighted by Gasteiger charge is -2.07. The Hall–Kier alpha value is -1.05.